The summed E-state index contributed by atoms with van der Waals surface area (Å²) >= 11 is 7.51. The third-order valence-electron chi connectivity index (χ3n) is 3.70. The van der Waals surface area contributed by atoms with Gasteiger partial charge in [-0.1, -0.05) is 54.1 Å². The summed E-state index contributed by atoms with van der Waals surface area (Å²) < 4.78 is 0. The summed E-state index contributed by atoms with van der Waals surface area (Å²) in [5.74, 6) is -1.36. The highest BCUT2D eigenvalue weighted by atomic mass is 35.5. The topological polar surface area (TPSA) is 60.4 Å². The number of rotatable bonds is 3. The van der Waals surface area contributed by atoms with Gasteiger partial charge in [-0.25, -0.2) is 0 Å². The minimum Gasteiger partial charge on any atom is -0.548 e. The van der Waals surface area contributed by atoms with Crippen LogP contribution in [0.1, 0.15) is 21.3 Å². The molecule has 118 valence electrons. The van der Waals surface area contributed by atoms with Crippen molar-refractivity contribution in [2.24, 2.45) is 0 Å². The van der Waals surface area contributed by atoms with Crippen molar-refractivity contribution < 1.29 is 14.7 Å². The van der Waals surface area contributed by atoms with E-state index in [0.29, 0.717) is 10.6 Å². The number of aliphatic carboxylic acids is 1. The van der Waals surface area contributed by atoms with Gasteiger partial charge in [0.2, 0.25) is 0 Å². The molecule has 0 N–H and O–H groups in total. The van der Waals surface area contributed by atoms with E-state index >= 15 is 0 Å². The SMILES string of the molecule is O=C([O-])[C@@H]1CS[C@@H](c2ccccc2)N1C(=O)c1ccccc1Cl. The normalized spacial score (nSPS) is 20.5. The summed E-state index contributed by atoms with van der Waals surface area (Å²) in [6.07, 6.45) is 0. The lowest BCUT2D eigenvalue weighted by Crippen LogP contribution is -2.49. The molecule has 2 atom stereocenters. The summed E-state index contributed by atoms with van der Waals surface area (Å²) in [6, 6.07) is 15.0. The van der Waals surface area contributed by atoms with E-state index in [1.807, 2.05) is 30.3 Å². The first-order chi connectivity index (χ1) is 11.1. The van der Waals surface area contributed by atoms with Crippen LogP contribution >= 0.6 is 23.4 Å². The van der Waals surface area contributed by atoms with E-state index in [1.54, 1.807) is 24.3 Å². The van der Waals surface area contributed by atoms with Gasteiger partial charge in [0.1, 0.15) is 5.37 Å². The first-order valence-corrected chi connectivity index (χ1v) is 8.47. The maximum absolute atomic E-state index is 12.9. The Morgan fingerprint density at radius 1 is 1.09 bits per heavy atom. The maximum Gasteiger partial charge on any atom is 0.257 e. The lowest BCUT2D eigenvalue weighted by molar-refractivity contribution is -0.310. The monoisotopic (exact) mass is 346 g/mol. The van der Waals surface area contributed by atoms with Crippen LogP contribution in [-0.4, -0.2) is 28.6 Å². The highest BCUT2D eigenvalue weighted by Crippen LogP contribution is 2.42. The Kier molecular flexibility index (Phi) is 4.59. The zero-order chi connectivity index (χ0) is 16.4. The molecule has 1 fully saturated rings. The number of amides is 1. The van der Waals surface area contributed by atoms with E-state index in [4.69, 9.17) is 11.6 Å². The summed E-state index contributed by atoms with van der Waals surface area (Å²) in [5, 5.41) is 11.4. The molecule has 0 aliphatic carbocycles. The molecule has 0 radical (unpaired) electrons. The van der Waals surface area contributed by atoms with Gasteiger partial charge in [-0.2, -0.15) is 0 Å². The van der Waals surface area contributed by atoms with Crippen molar-refractivity contribution in [1.82, 2.24) is 4.90 Å². The molecule has 1 aliphatic rings. The first kappa shape index (κ1) is 15.9. The molecule has 23 heavy (non-hydrogen) atoms. The molecule has 0 bridgehead atoms. The number of benzene rings is 2. The number of carboxylic acids is 1. The average molecular weight is 347 g/mol. The molecule has 2 aromatic carbocycles. The van der Waals surface area contributed by atoms with Gasteiger partial charge in [0.15, 0.2) is 0 Å². The van der Waals surface area contributed by atoms with E-state index < -0.39 is 17.9 Å². The fraction of sp³-hybridized carbons (Fsp3) is 0.176. The Balaban J connectivity index is 2.01. The van der Waals surface area contributed by atoms with Crippen molar-refractivity contribution in [3.8, 4) is 0 Å². The quantitative estimate of drug-likeness (QED) is 0.856. The molecule has 0 spiro atoms. The number of nitrogens with zero attached hydrogens (tertiary/aromatic N) is 1. The fourth-order valence-corrected chi connectivity index (χ4v) is 4.21. The fourth-order valence-electron chi connectivity index (χ4n) is 2.58. The highest BCUT2D eigenvalue weighted by Gasteiger charge is 2.39. The van der Waals surface area contributed by atoms with Crippen LogP contribution in [-0.2, 0) is 4.79 Å². The highest BCUT2D eigenvalue weighted by molar-refractivity contribution is 7.99. The van der Waals surface area contributed by atoms with Crippen molar-refractivity contribution in [2.75, 3.05) is 5.75 Å². The second-order valence-electron chi connectivity index (χ2n) is 5.12. The molecule has 1 saturated heterocycles. The zero-order valence-corrected chi connectivity index (χ0v) is 13.6. The zero-order valence-electron chi connectivity index (χ0n) is 12.0. The van der Waals surface area contributed by atoms with E-state index in [-0.39, 0.29) is 11.1 Å². The molecule has 2 aromatic rings. The number of hydrogen-bond acceptors (Lipinski definition) is 4. The number of carbonyl (C=O) groups excluding carboxylic acids is 2. The minimum atomic E-state index is -1.25. The molecule has 0 unspecified atom stereocenters. The van der Waals surface area contributed by atoms with E-state index in [9.17, 15) is 14.7 Å². The van der Waals surface area contributed by atoms with Crippen LogP contribution in [0.4, 0.5) is 0 Å². The van der Waals surface area contributed by atoms with Crippen LogP contribution in [0.3, 0.4) is 0 Å². The Labute approximate surface area is 143 Å². The Hall–Kier alpha value is -1.98. The van der Waals surface area contributed by atoms with Crippen LogP contribution in [0.2, 0.25) is 5.02 Å². The molecule has 4 nitrogen and oxygen atoms in total. The number of halogens is 1. The second-order valence-corrected chi connectivity index (χ2v) is 6.64. The van der Waals surface area contributed by atoms with E-state index in [2.05, 4.69) is 0 Å². The van der Waals surface area contributed by atoms with Gasteiger partial charge >= 0.3 is 0 Å². The van der Waals surface area contributed by atoms with Crippen molar-refractivity contribution in [2.45, 2.75) is 11.4 Å². The number of carboxylic acid groups (broad SMARTS) is 1. The molecule has 0 aromatic heterocycles. The third-order valence-corrected chi connectivity index (χ3v) is 5.35. The van der Waals surface area contributed by atoms with Crippen molar-refractivity contribution in [1.29, 1.82) is 0 Å². The predicted octanol–water partition coefficient (Wildman–Crippen LogP) is 2.35. The van der Waals surface area contributed by atoms with Crippen molar-refractivity contribution >= 4 is 35.2 Å². The molecule has 1 heterocycles. The second kappa shape index (κ2) is 6.64. The van der Waals surface area contributed by atoms with Gasteiger partial charge in [0.25, 0.3) is 5.91 Å². The predicted molar refractivity (Wildman–Crippen MR) is 88.1 cm³/mol. The van der Waals surface area contributed by atoms with Crippen LogP contribution in [0, 0.1) is 0 Å². The maximum atomic E-state index is 12.9. The molecular formula is C17H13ClNO3S-. The van der Waals surface area contributed by atoms with E-state index in [1.165, 1.54) is 16.7 Å². The number of hydrogen-bond donors (Lipinski definition) is 0. The molecule has 3 rings (SSSR count). The molecule has 1 aliphatic heterocycles. The smallest absolute Gasteiger partial charge is 0.257 e. The lowest BCUT2D eigenvalue weighted by atomic mass is 10.1. The largest absolute Gasteiger partial charge is 0.548 e. The van der Waals surface area contributed by atoms with Crippen molar-refractivity contribution in [3.63, 3.8) is 0 Å². The molecular weight excluding hydrogens is 334 g/mol. The lowest BCUT2D eigenvalue weighted by Gasteiger charge is -2.30. The number of thioether (sulfide) groups is 1. The Bertz CT molecular complexity index is 738. The summed E-state index contributed by atoms with van der Waals surface area (Å²) in [7, 11) is 0. The first-order valence-electron chi connectivity index (χ1n) is 7.04. The molecule has 0 saturated carbocycles. The Morgan fingerprint density at radius 3 is 2.39 bits per heavy atom. The van der Waals surface area contributed by atoms with Crippen LogP contribution in [0.5, 0.6) is 0 Å². The van der Waals surface area contributed by atoms with Crippen LogP contribution in [0.15, 0.2) is 54.6 Å². The van der Waals surface area contributed by atoms with Crippen molar-refractivity contribution in [3.05, 3.63) is 70.7 Å². The average Bonchev–Trinajstić information content (AvgIpc) is 3.00. The number of carbonyl (C=O) groups is 2. The summed E-state index contributed by atoms with van der Waals surface area (Å²) in [5.41, 5.74) is 1.17. The van der Waals surface area contributed by atoms with Crippen LogP contribution < -0.4 is 5.11 Å². The standard InChI is InChI=1S/C17H14ClNO3S/c18-13-9-5-4-8-12(13)15(20)19-14(17(21)22)10-23-16(19)11-6-2-1-3-7-11/h1-9,14,16H,10H2,(H,21,22)/p-1/t14-,16-/m0/s1. The third kappa shape index (κ3) is 3.07. The molecule has 1 amide bonds. The van der Waals surface area contributed by atoms with Gasteiger partial charge in [-0.3, -0.25) is 4.79 Å². The van der Waals surface area contributed by atoms with E-state index in [0.717, 1.165) is 5.56 Å². The summed E-state index contributed by atoms with van der Waals surface area (Å²) in [4.78, 5) is 25.7. The Morgan fingerprint density at radius 2 is 1.74 bits per heavy atom. The van der Waals surface area contributed by atoms with Crippen LogP contribution in [0.25, 0.3) is 0 Å². The van der Waals surface area contributed by atoms with Gasteiger partial charge < -0.3 is 14.8 Å². The minimum absolute atomic E-state index is 0.290. The van der Waals surface area contributed by atoms with Gasteiger partial charge in [-0.15, -0.1) is 11.8 Å². The summed E-state index contributed by atoms with van der Waals surface area (Å²) in [6.45, 7) is 0. The molecule has 6 heteroatoms. The van der Waals surface area contributed by atoms with Gasteiger partial charge in [-0.05, 0) is 17.7 Å². The van der Waals surface area contributed by atoms with Gasteiger partial charge in [0.05, 0.1) is 22.6 Å². The van der Waals surface area contributed by atoms with Gasteiger partial charge in [0, 0.05) is 5.75 Å².